The van der Waals surface area contributed by atoms with E-state index in [4.69, 9.17) is 0 Å². The first-order chi connectivity index (χ1) is 7.16. The highest BCUT2D eigenvalue weighted by atomic mass is 14.9. The number of likely N-dealkylation sites (N-methyl/N-ethyl adjacent to an activating group) is 1. The molecule has 0 aliphatic rings. The quantitative estimate of drug-likeness (QED) is 0.724. The molecule has 1 aromatic carbocycles. The van der Waals surface area contributed by atoms with E-state index in [2.05, 4.69) is 63.0 Å². The van der Waals surface area contributed by atoms with Gasteiger partial charge < -0.3 is 5.32 Å². The molecular formula is C14H21N. The van der Waals surface area contributed by atoms with Gasteiger partial charge in [0, 0.05) is 12.0 Å². The van der Waals surface area contributed by atoms with Gasteiger partial charge in [0.05, 0.1) is 0 Å². The van der Waals surface area contributed by atoms with Crippen LogP contribution in [0, 0.1) is 0 Å². The van der Waals surface area contributed by atoms with Crippen molar-refractivity contribution in [1.82, 2.24) is 5.32 Å². The van der Waals surface area contributed by atoms with E-state index in [1.165, 1.54) is 11.1 Å². The first-order valence-corrected chi connectivity index (χ1v) is 5.60. The van der Waals surface area contributed by atoms with Crippen LogP contribution >= 0.6 is 0 Å². The third-order valence-electron chi connectivity index (χ3n) is 2.78. The van der Waals surface area contributed by atoms with Crippen molar-refractivity contribution in [3.8, 4) is 0 Å². The molecule has 0 aliphatic carbocycles. The molecule has 1 N–H and O–H groups in total. The van der Waals surface area contributed by atoms with Crippen molar-refractivity contribution in [2.45, 2.75) is 32.7 Å². The summed E-state index contributed by atoms with van der Waals surface area (Å²) in [4.78, 5) is 0. The predicted molar refractivity (Wildman–Crippen MR) is 67.1 cm³/mol. The van der Waals surface area contributed by atoms with Crippen LogP contribution in [-0.2, 0) is 0 Å². The van der Waals surface area contributed by atoms with Crippen LogP contribution in [-0.4, -0.2) is 12.6 Å². The average Bonchev–Trinajstić information content (AvgIpc) is 2.26. The Morgan fingerprint density at radius 1 is 1.33 bits per heavy atom. The molecular weight excluding hydrogens is 182 g/mol. The molecule has 15 heavy (non-hydrogen) atoms. The van der Waals surface area contributed by atoms with Crippen molar-refractivity contribution in [3.63, 3.8) is 0 Å². The van der Waals surface area contributed by atoms with E-state index in [1.807, 2.05) is 0 Å². The Hall–Kier alpha value is -1.08. The molecule has 0 fully saturated rings. The molecule has 1 heteroatoms. The summed E-state index contributed by atoms with van der Waals surface area (Å²) in [5.41, 5.74) is 2.57. The van der Waals surface area contributed by atoms with Crippen molar-refractivity contribution >= 4 is 0 Å². The van der Waals surface area contributed by atoms with Gasteiger partial charge in [-0.15, -0.1) is 0 Å². The van der Waals surface area contributed by atoms with Gasteiger partial charge in [-0.3, -0.25) is 0 Å². The molecule has 82 valence electrons. The van der Waals surface area contributed by atoms with Crippen LogP contribution in [0.5, 0.6) is 0 Å². The average molecular weight is 203 g/mol. The molecule has 0 saturated heterocycles. The molecule has 0 spiro atoms. The molecule has 0 aromatic heterocycles. The standard InChI is InChI=1S/C14H21N/c1-5-15-14(11(2)3)12(4)13-9-7-6-8-10-13/h6-10,12,14-15H,2,5H2,1,3-4H3. The second-order valence-electron chi connectivity index (χ2n) is 4.08. The summed E-state index contributed by atoms with van der Waals surface area (Å²) in [6, 6.07) is 11.0. The number of hydrogen-bond donors (Lipinski definition) is 1. The summed E-state index contributed by atoms with van der Waals surface area (Å²) < 4.78 is 0. The first kappa shape index (κ1) is 12.0. The molecule has 0 aliphatic heterocycles. The van der Waals surface area contributed by atoms with Crippen molar-refractivity contribution < 1.29 is 0 Å². The van der Waals surface area contributed by atoms with E-state index < -0.39 is 0 Å². The summed E-state index contributed by atoms with van der Waals surface area (Å²) in [5.74, 6) is 0.476. The molecule has 0 saturated carbocycles. The van der Waals surface area contributed by atoms with Crippen LogP contribution < -0.4 is 5.32 Å². The topological polar surface area (TPSA) is 12.0 Å². The SMILES string of the molecule is C=C(C)C(NCC)C(C)c1ccccc1. The molecule has 0 heterocycles. The van der Waals surface area contributed by atoms with Gasteiger partial charge in [-0.05, 0) is 19.0 Å². The van der Waals surface area contributed by atoms with Gasteiger partial charge in [0.15, 0.2) is 0 Å². The van der Waals surface area contributed by atoms with E-state index in [-0.39, 0.29) is 0 Å². The minimum absolute atomic E-state index is 0.373. The fourth-order valence-electron chi connectivity index (χ4n) is 1.95. The third kappa shape index (κ3) is 3.21. The Morgan fingerprint density at radius 2 is 1.93 bits per heavy atom. The van der Waals surface area contributed by atoms with E-state index in [9.17, 15) is 0 Å². The maximum atomic E-state index is 4.06. The molecule has 1 nitrogen and oxygen atoms in total. The van der Waals surface area contributed by atoms with Crippen LogP contribution in [0.3, 0.4) is 0 Å². The summed E-state index contributed by atoms with van der Waals surface area (Å²) in [5, 5.41) is 3.48. The number of rotatable bonds is 5. The van der Waals surface area contributed by atoms with Gasteiger partial charge in [0.1, 0.15) is 0 Å². The maximum Gasteiger partial charge on any atom is 0.0340 e. The Bertz CT molecular complexity index is 302. The molecule has 2 unspecified atom stereocenters. The zero-order valence-electron chi connectivity index (χ0n) is 9.96. The molecule has 0 amide bonds. The van der Waals surface area contributed by atoms with Crippen LogP contribution in [0.2, 0.25) is 0 Å². The summed E-state index contributed by atoms with van der Waals surface area (Å²) in [6.07, 6.45) is 0. The lowest BCUT2D eigenvalue weighted by Crippen LogP contribution is -2.34. The van der Waals surface area contributed by atoms with Gasteiger partial charge >= 0.3 is 0 Å². The van der Waals surface area contributed by atoms with Crippen molar-refractivity contribution in [2.75, 3.05) is 6.54 Å². The van der Waals surface area contributed by atoms with Gasteiger partial charge in [-0.1, -0.05) is 56.3 Å². The summed E-state index contributed by atoms with van der Waals surface area (Å²) in [7, 11) is 0. The molecule has 1 aromatic rings. The zero-order chi connectivity index (χ0) is 11.3. The van der Waals surface area contributed by atoms with Gasteiger partial charge in [-0.2, -0.15) is 0 Å². The third-order valence-corrected chi connectivity index (χ3v) is 2.78. The predicted octanol–water partition coefficient (Wildman–Crippen LogP) is 3.34. The number of benzene rings is 1. The molecule has 2 atom stereocenters. The summed E-state index contributed by atoms with van der Waals surface area (Å²) >= 11 is 0. The first-order valence-electron chi connectivity index (χ1n) is 5.60. The fraction of sp³-hybridized carbons (Fsp3) is 0.429. The lowest BCUT2D eigenvalue weighted by molar-refractivity contribution is 0.516. The second kappa shape index (κ2) is 5.72. The van der Waals surface area contributed by atoms with Crippen molar-refractivity contribution in [3.05, 3.63) is 48.0 Å². The highest BCUT2D eigenvalue weighted by Crippen LogP contribution is 2.22. The van der Waals surface area contributed by atoms with E-state index in [0.717, 1.165) is 6.54 Å². The lowest BCUT2D eigenvalue weighted by atomic mass is 9.89. The van der Waals surface area contributed by atoms with E-state index >= 15 is 0 Å². The number of hydrogen-bond acceptors (Lipinski definition) is 1. The van der Waals surface area contributed by atoms with Crippen LogP contribution in [0.25, 0.3) is 0 Å². The monoisotopic (exact) mass is 203 g/mol. The van der Waals surface area contributed by atoms with Crippen LogP contribution in [0.15, 0.2) is 42.5 Å². The van der Waals surface area contributed by atoms with Gasteiger partial charge in [0.2, 0.25) is 0 Å². The normalized spacial score (nSPS) is 14.6. The second-order valence-corrected chi connectivity index (χ2v) is 4.08. The zero-order valence-corrected chi connectivity index (χ0v) is 9.96. The smallest absolute Gasteiger partial charge is 0.0340 e. The van der Waals surface area contributed by atoms with Crippen LogP contribution in [0.1, 0.15) is 32.3 Å². The Kier molecular flexibility index (Phi) is 4.57. The highest BCUT2D eigenvalue weighted by molar-refractivity contribution is 5.24. The van der Waals surface area contributed by atoms with Gasteiger partial charge in [-0.25, -0.2) is 0 Å². The maximum absolute atomic E-state index is 4.06. The Balaban J connectivity index is 2.81. The Morgan fingerprint density at radius 3 is 2.40 bits per heavy atom. The van der Waals surface area contributed by atoms with Gasteiger partial charge in [0.25, 0.3) is 0 Å². The lowest BCUT2D eigenvalue weighted by Gasteiger charge is -2.25. The van der Waals surface area contributed by atoms with Crippen LogP contribution in [0.4, 0.5) is 0 Å². The molecule has 0 radical (unpaired) electrons. The molecule has 1 rings (SSSR count). The highest BCUT2D eigenvalue weighted by Gasteiger charge is 2.17. The molecule has 0 bridgehead atoms. The summed E-state index contributed by atoms with van der Waals surface area (Å²) in [6.45, 7) is 11.5. The van der Waals surface area contributed by atoms with E-state index in [0.29, 0.717) is 12.0 Å². The Labute approximate surface area is 93.2 Å². The largest absolute Gasteiger partial charge is 0.310 e. The minimum Gasteiger partial charge on any atom is -0.310 e. The number of nitrogens with one attached hydrogen (secondary N) is 1. The fourth-order valence-corrected chi connectivity index (χ4v) is 1.95. The van der Waals surface area contributed by atoms with E-state index in [1.54, 1.807) is 0 Å². The minimum atomic E-state index is 0.373. The van der Waals surface area contributed by atoms with Crippen molar-refractivity contribution in [2.24, 2.45) is 0 Å². The van der Waals surface area contributed by atoms with Crippen molar-refractivity contribution in [1.29, 1.82) is 0 Å².